The highest BCUT2D eigenvalue weighted by molar-refractivity contribution is 6.32. The molecule has 0 saturated heterocycles. The van der Waals surface area contributed by atoms with Crippen LogP contribution in [0.1, 0.15) is 42.1 Å². The van der Waals surface area contributed by atoms with E-state index in [-0.39, 0.29) is 16.8 Å². The lowest BCUT2D eigenvalue weighted by Crippen LogP contribution is -2.13. The molecule has 6 heteroatoms. The highest BCUT2D eigenvalue weighted by atomic mass is 35.5. The summed E-state index contributed by atoms with van der Waals surface area (Å²) in [6.07, 6.45) is 3.50. The van der Waals surface area contributed by atoms with Crippen LogP contribution < -0.4 is 0 Å². The van der Waals surface area contributed by atoms with E-state index in [1.54, 1.807) is 0 Å². The summed E-state index contributed by atoms with van der Waals surface area (Å²) in [4.78, 5) is 19.7. The van der Waals surface area contributed by atoms with Gasteiger partial charge in [-0.05, 0) is 25.7 Å². The number of carbonyl (C=O) groups excluding carboxylic acids is 1. The normalized spacial score (nSPS) is 16.4. The highest BCUT2D eigenvalue weighted by Crippen LogP contribution is 2.42. The van der Waals surface area contributed by atoms with E-state index in [9.17, 15) is 4.79 Å². The molecule has 0 aliphatic heterocycles. The minimum atomic E-state index is -0.536. The van der Waals surface area contributed by atoms with Crippen molar-refractivity contribution in [3.63, 3.8) is 0 Å². The fourth-order valence-corrected chi connectivity index (χ4v) is 1.97. The van der Waals surface area contributed by atoms with Crippen LogP contribution in [0.2, 0.25) is 5.15 Å². The number of rotatable bonds is 5. The van der Waals surface area contributed by atoms with Crippen LogP contribution in [0.5, 0.6) is 0 Å². The first-order valence-electron chi connectivity index (χ1n) is 5.89. The maximum absolute atomic E-state index is 11.4. The number of aromatic nitrogens is 2. The van der Waals surface area contributed by atoms with E-state index < -0.39 is 5.97 Å². The molecule has 1 atom stereocenters. The van der Waals surface area contributed by atoms with Gasteiger partial charge in [0, 0.05) is 12.8 Å². The predicted octanol–water partition coefficient (Wildman–Crippen LogP) is 2.40. The standard InChI is InChI=1S/C12H15ClN2O3/c1-3-18-9(7-4-5-7)11-14-6-8(10(13)15-11)12(16)17-2/h6-7,9H,3-5H2,1-2H3. The zero-order valence-corrected chi connectivity index (χ0v) is 11.1. The molecule has 0 spiro atoms. The molecule has 18 heavy (non-hydrogen) atoms. The SMILES string of the molecule is CCOC(c1ncc(C(=O)OC)c(Cl)n1)C1CC1. The minimum absolute atomic E-state index is 0.109. The monoisotopic (exact) mass is 270 g/mol. The lowest BCUT2D eigenvalue weighted by atomic mass is 10.2. The van der Waals surface area contributed by atoms with Crippen molar-refractivity contribution in [1.29, 1.82) is 0 Å². The number of ether oxygens (including phenoxy) is 2. The molecule has 1 unspecified atom stereocenters. The van der Waals surface area contributed by atoms with Gasteiger partial charge in [0.2, 0.25) is 0 Å². The molecule has 1 aliphatic carbocycles. The van der Waals surface area contributed by atoms with Gasteiger partial charge < -0.3 is 9.47 Å². The molecule has 98 valence electrons. The Morgan fingerprint density at radius 3 is 2.83 bits per heavy atom. The Bertz CT molecular complexity index is 449. The van der Waals surface area contributed by atoms with E-state index in [0.29, 0.717) is 18.3 Å². The molecule has 0 radical (unpaired) electrons. The van der Waals surface area contributed by atoms with Crippen molar-refractivity contribution in [2.45, 2.75) is 25.9 Å². The van der Waals surface area contributed by atoms with Crippen molar-refractivity contribution in [1.82, 2.24) is 9.97 Å². The Kier molecular flexibility index (Phi) is 4.14. The highest BCUT2D eigenvalue weighted by Gasteiger charge is 2.35. The van der Waals surface area contributed by atoms with Gasteiger partial charge in [-0.2, -0.15) is 0 Å². The number of hydrogen-bond acceptors (Lipinski definition) is 5. The van der Waals surface area contributed by atoms with Crippen LogP contribution in [0.15, 0.2) is 6.20 Å². The molecular weight excluding hydrogens is 256 g/mol. The van der Waals surface area contributed by atoms with Gasteiger partial charge in [-0.15, -0.1) is 0 Å². The summed E-state index contributed by atoms with van der Waals surface area (Å²) < 4.78 is 10.2. The van der Waals surface area contributed by atoms with Crippen molar-refractivity contribution in [2.24, 2.45) is 5.92 Å². The number of halogens is 1. The topological polar surface area (TPSA) is 61.3 Å². The molecular formula is C12H15ClN2O3. The van der Waals surface area contributed by atoms with E-state index in [1.165, 1.54) is 13.3 Å². The maximum Gasteiger partial charge on any atom is 0.342 e. The van der Waals surface area contributed by atoms with Crippen LogP contribution in [0.3, 0.4) is 0 Å². The van der Waals surface area contributed by atoms with Crippen molar-refractivity contribution in [2.75, 3.05) is 13.7 Å². The third-order valence-electron chi connectivity index (χ3n) is 2.82. The summed E-state index contributed by atoms with van der Waals surface area (Å²) in [5, 5.41) is 0.109. The van der Waals surface area contributed by atoms with E-state index in [1.807, 2.05) is 6.92 Å². The fourth-order valence-electron chi connectivity index (χ4n) is 1.76. The van der Waals surface area contributed by atoms with Crippen molar-refractivity contribution >= 4 is 17.6 Å². The summed E-state index contributed by atoms with van der Waals surface area (Å²) in [6, 6.07) is 0. The number of methoxy groups -OCH3 is 1. The van der Waals surface area contributed by atoms with Gasteiger partial charge in [-0.3, -0.25) is 0 Å². The van der Waals surface area contributed by atoms with Crippen molar-refractivity contribution in [3.05, 3.63) is 22.7 Å². The molecule has 1 fully saturated rings. The fraction of sp³-hybridized carbons (Fsp3) is 0.583. The van der Waals surface area contributed by atoms with Crippen LogP contribution in [0.4, 0.5) is 0 Å². The Balaban J connectivity index is 2.23. The third-order valence-corrected chi connectivity index (χ3v) is 3.11. The number of nitrogens with zero attached hydrogens (tertiary/aromatic N) is 2. The molecule has 1 aromatic heterocycles. The average Bonchev–Trinajstić information content (AvgIpc) is 3.19. The second-order valence-electron chi connectivity index (χ2n) is 4.14. The molecule has 0 N–H and O–H groups in total. The van der Waals surface area contributed by atoms with Gasteiger partial charge >= 0.3 is 5.97 Å². The Morgan fingerprint density at radius 2 is 2.33 bits per heavy atom. The maximum atomic E-state index is 11.4. The zero-order chi connectivity index (χ0) is 13.1. The van der Waals surface area contributed by atoms with Crippen LogP contribution in [-0.4, -0.2) is 29.7 Å². The lowest BCUT2D eigenvalue weighted by molar-refractivity contribution is 0.0398. The molecule has 1 heterocycles. The Labute approximate surface area is 110 Å². The van der Waals surface area contributed by atoms with Crippen molar-refractivity contribution in [3.8, 4) is 0 Å². The second kappa shape index (κ2) is 5.63. The van der Waals surface area contributed by atoms with Gasteiger partial charge in [-0.1, -0.05) is 11.6 Å². The molecule has 1 aliphatic rings. The zero-order valence-electron chi connectivity index (χ0n) is 10.4. The van der Waals surface area contributed by atoms with Crippen molar-refractivity contribution < 1.29 is 14.3 Å². The summed E-state index contributed by atoms with van der Waals surface area (Å²) >= 11 is 5.96. The first kappa shape index (κ1) is 13.2. The van der Waals surface area contributed by atoms with Gasteiger partial charge in [0.25, 0.3) is 0 Å². The van der Waals surface area contributed by atoms with Crippen LogP contribution in [0, 0.1) is 5.92 Å². The van der Waals surface area contributed by atoms with Gasteiger partial charge in [0.1, 0.15) is 16.8 Å². The summed E-state index contributed by atoms with van der Waals surface area (Å²) in [7, 11) is 1.29. The van der Waals surface area contributed by atoms with Crippen LogP contribution in [0.25, 0.3) is 0 Å². The molecule has 1 saturated carbocycles. The summed E-state index contributed by atoms with van der Waals surface area (Å²) in [5.74, 6) is 0.466. The first-order valence-corrected chi connectivity index (χ1v) is 6.27. The molecule has 0 amide bonds. The van der Waals surface area contributed by atoms with Gasteiger partial charge in [-0.25, -0.2) is 14.8 Å². The number of hydrogen-bond donors (Lipinski definition) is 0. The predicted molar refractivity (Wildman–Crippen MR) is 65.5 cm³/mol. The summed E-state index contributed by atoms with van der Waals surface area (Å²) in [6.45, 7) is 2.53. The number of carbonyl (C=O) groups is 1. The summed E-state index contributed by atoms with van der Waals surface area (Å²) in [5.41, 5.74) is 0.175. The van der Waals surface area contributed by atoms with E-state index in [4.69, 9.17) is 16.3 Å². The van der Waals surface area contributed by atoms with E-state index in [0.717, 1.165) is 12.8 Å². The molecule has 0 bridgehead atoms. The molecule has 0 aromatic carbocycles. The second-order valence-corrected chi connectivity index (χ2v) is 4.50. The average molecular weight is 271 g/mol. The quantitative estimate of drug-likeness (QED) is 0.607. The van der Waals surface area contributed by atoms with Gasteiger partial charge in [0.15, 0.2) is 5.82 Å². The largest absolute Gasteiger partial charge is 0.465 e. The van der Waals surface area contributed by atoms with Crippen LogP contribution >= 0.6 is 11.6 Å². The smallest absolute Gasteiger partial charge is 0.342 e. The third kappa shape index (κ3) is 2.79. The molecule has 2 rings (SSSR count). The Hall–Kier alpha value is -1.20. The number of esters is 1. The Morgan fingerprint density at radius 1 is 1.61 bits per heavy atom. The first-order chi connectivity index (χ1) is 8.67. The van der Waals surface area contributed by atoms with Crippen LogP contribution in [-0.2, 0) is 9.47 Å². The lowest BCUT2D eigenvalue weighted by Gasteiger charge is -2.15. The van der Waals surface area contributed by atoms with Gasteiger partial charge in [0.05, 0.1) is 7.11 Å². The minimum Gasteiger partial charge on any atom is -0.465 e. The van der Waals surface area contributed by atoms with E-state index >= 15 is 0 Å². The molecule has 1 aromatic rings. The van der Waals surface area contributed by atoms with E-state index in [2.05, 4.69) is 14.7 Å². The molecule has 5 nitrogen and oxygen atoms in total.